The van der Waals surface area contributed by atoms with E-state index in [-0.39, 0.29) is 26.1 Å². The number of phosphoric ester groups is 1. The normalized spacial score (nSPS) is 14.1. The molecule has 0 saturated heterocycles. The second-order valence-corrected chi connectivity index (χ2v) is 22.4. The Morgan fingerprint density at radius 1 is 0.421 bits per heavy atom. The van der Waals surface area contributed by atoms with Gasteiger partial charge in [-0.15, -0.1) is 0 Å². The minimum atomic E-state index is -4.65. The van der Waals surface area contributed by atoms with Gasteiger partial charge in [-0.05, 0) is 109 Å². The van der Waals surface area contributed by atoms with Crippen LogP contribution in [0.3, 0.4) is 0 Å². The summed E-state index contributed by atoms with van der Waals surface area (Å²) in [6.45, 7) is 4.08. The van der Waals surface area contributed by atoms with E-state index in [9.17, 15) is 19.0 Å². The molecule has 0 fully saturated rings. The van der Waals surface area contributed by atoms with E-state index in [0.717, 1.165) is 116 Å². The van der Waals surface area contributed by atoms with Crippen molar-refractivity contribution < 1.29 is 42.1 Å². The molecule has 0 aliphatic carbocycles. The van der Waals surface area contributed by atoms with Crippen LogP contribution >= 0.6 is 7.82 Å². The van der Waals surface area contributed by atoms with E-state index in [1.165, 1.54) is 77.0 Å². The smallest absolute Gasteiger partial charge is 0.306 e. The molecule has 0 radical (unpaired) electrons. The number of nitrogens with zero attached hydrogens (tertiary/aromatic N) is 1. The van der Waals surface area contributed by atoms with Gasteiger partial charge in [0.15, 0.2) is 6.10 Å². The summed E-state index contributed by atoms with van der Waals surface area (Å²) in [4.78, 5) is 37.9. The van der Waals surface area contributed by atoms with E-state index in [2.05, 4.69) is 135 Å². The topological polar surface area (TPSA) is 111 Å². The van der Waals surface area contributed by atoms with Gasteiger partial charge in [0.1, 0.15) is 19.8 Å². The van der Waals surface area contributed by atoms with E-state index in [0.29, 0.717) is 23.9 Å². The van der Waals surface area contributed by atoms with Crippen molar-refractivity contribution in [2.45, 2.75) is 238 Å². The number of esters is 2. The number of allylic oxidation sites excluding steroid dienone is 20. The average Bonchev–Trinajstić information content (AvgIpc) is 3.38. The lowest BCUT2D eigenvalue weighted by Crippen LogP contribution is -2.37. The number of carbonyl (C=O) groups excluding carboxylic acids is 2. The second-order valence-electron chi connectivity index (χ2n) is 21.0. The van der Waals surface area contributed by atoms with Crippen molar-refractivity contribution in [1.82, 2.24) is 0 Å². The summed E-state index contributed by atoms with van der Waals surface area (Å²) < 4.78 is 34.2. The molecule has 10 heteroatoms. The highest BCUT2D eigenvalue weighted by molar-refractivity contribution is 7.45. The molecule has 0 spiro atoms. The van der Waals surface area contributed by atoms with Gasteiger partial charge in [-0.25, -0.2) is 0 Å². The summed E-state index contributed by atoms with van der Waals surface area (Å²) >= 11 is 0. The first-order chi connectivity index (χ1) is 37.0. The molecule has 0 rings (SSSR count). The summed E-state index contributed by atoms with van der Waals surface area (Å²) in [7, 11) is 1.14. The van der Waals surface area contributed by atoms with Gasteiger partial charge in [-0.1, -0.05) is 232 Å². The number of likely N-dealkylation sites (N-methyl/N-ethyl adjacent to an activating group) is 1. The number of unbranched alkanes of at least 4 members (excludes halogenated alkanes) is 20. The third-order valence-corrected chi connectivity index (χ3v) is 13.4. The molecule has 0 N–H and O–H groups in total. The monoisotopic (exact) mass is 1080 g/mol. The van der Waals surface area contributed by atoms with Crippen LogP contribution in [-0.4, -0.2) is 70.0 Å². The molecule has 0 aromatic carbocycles. The zero-order chi connectivity index (χ0) is 55.6. The van der Waals surface area contributed by atoms with Crippen LogP contribution in [-0.2, 0) is 32.7 Å². The molecular weight excluding hydrogens is 966 g/mol. The molecule has 2 atom stereocenters. The average molecular weight is 1080 g/mol. The summed E-state index contributed by atoms with van der Waals surface area (Å²) in [5, 5.41) is 0. The van der Waals surface area contributed by atoms with Crippen LogP contribution in [0.5, 0.6) is 0 Å². The molecule has 9 nitrogen and oxygen atoms in total. The maximum absolute atomic E-state index is 12.8. The van der Waals surface area contributed by atoms with Gasteiger partial charge in [0.2, 0.25) is 0 Å². The molecule has 434 valence electrons. The minimum Gasteiger partial charge on any atom is -0.756 e. The third-order valence-electron chi connectivity index (χ3n) is 12.5. The maximum atomic E-state index is 12.8. The number of ether oxygens (including phenoxy) is 2. The van der Waals surface area contributed by atoms with E-state index < -0.39 is 32.5 Å². The van der Waals surface area contributed by atoms with Gasteiger partial charge >= 0.3 is 11.9 Å². The molecule has 0 aromatic heterocycles. The molecule has 0 aromatic rings. The van der Waals surface area contributed by atoms with Crippen molar-refractivity contribution >= 4 is 19.8 Å². The van der Waals surface area contributed by atoms with Crippen molar-refractivity contribution in [1.29, 1.82) is 0 Å². The molecule has 0 aliphatic rings. The quantitative estimate of drug-likeness (QED) is 0.0195. The van der Waals surface area contributed by atoms with Crippen LogP contribution in [0.1, 0.15) is 232 Å². The Balaban J connectivity index is 4.24. The van der Waals surface area contributed by atoms with Crippen molar-refractivity contribution in [2.24, 2.45) is 0 Å². The van der Waals surface area contributed by atoms with Gasteiger partial charge in [-0.2, -0.15) is 0 Å². The first kappa shape index (κ1) is 72.4. The van der Waals surface area contributed by atoms with Crippen LogP contribution in [0.2, 0.25) is 0 Å². The van der Waals surface area contributed by atoms with Crippen LogP contribution in [0.4, 0.5) is 0 Å². The fourth-order valence-corrected chi connectivity index (χ4v) is 8.55. The molecule has 0 aliphatic heterocycles. The number of quaternary nitrogens is 1. The zero-order valence-corrected chi connectivity index (χ0v) is 50.0. The Morgan fingerprint density at radius 2 is 0.750 bits per heavy atom. The SMILES string of the molecule is CC/C=C\C/C=C\C/C=C\C/C=C\C/C=C\C/C=C\C/C=C\CCCCCCCCCC(=O)OC(COC(=O)CCCCCCCCCC/C=C\C/C=C\C/C=C\CCCCCCC)COP(=O)([O-])OCC[N+](C)(C)C. The number of carbonyl (C=O) groups is 2. The highest BCUT2D eigenvalue weighted by Crippen LogP contribution is 2.38. The van der Waals surface area contributed by atoms with Crippen LogP contribution in [0, 0.1) is 0 Å². The number of hydrogen-bond acceptors (Lipinski definition) is 8. The molecule has 0 heterocycles. The standard InChI is InChI=1S/C66H112NO8P/c1-6-8-10-12-14-16-18-20-22-24-26-28-30-31-32-33-34-35-37-39-41-43-45-47-49-51-53-55-57-59-66(69)75-64(63-74-76(70,71)73-61-60-67(3,4)5)62-72-65(68)58-56-54-52-50-48-46-44-42-40-38-36-29-27-25-23-21-19-17-15-13-11-9-7-2/h8,10,14,16,19-22,25-28,31-32,34-36,38-39,41,64H,6-7,9,11-13,15,17-18,23-24,29-30,33,37,40,42-63H2,1-5H3/b10-8-,16-14-,21-19-,22-20-,27-25-,28-26-,32-31-,35-34-,38-36-,41-39-. The Morgan fingerprint density at radius 3 is 1.12 bits per heavy atom. The summed E-state index contributed by atoms with van der Waals surface area (Å²) in [6.07, 6.45) is 79.5. The second kappa shape index (κ2) is 56.1. The minimum absolute atomic E-state index is 0.0413. The fourth-order valence-electron chi connectivity index (χ4n) is 7.82. The maximum Gasteiger partial charge on any atom is 0.306 e. The van der Waals surface area contributed by atoms with Crippen LogP contribution in [0.15, 0.2) is 122 Å². The van der Waals surface area contributed by atoms with Crippen molar-refractivity contribution in [3.63, 3.8) is 0 Å². The Kier molecular flexibility index (Phi) is 53.5. The number of rotatable bonds is 54. The highest BCUT2D eigenvalue weighted by atomic mass is 31.2. The van der Waals surface area contributed by atoms with Crippen molar-refractivity contribution in [2.75, 3.05) is 47.5 Å². The lowest BCUT2D eigenvalue weighted by Gasteiger charge is -2.28. The van der Waals surface area contributed by atoms with Crippen LogP contribution in [0.25, 0.3) is 0 Å². The fraction of sp³-hybridized carbons (Fsp3) is 0.667. The van der Waals surface area contributed by atoms with Crippen molar-refractivity contribution in [3.05, 3.63) is 122 Å². The third kappa shape index (κ3) is 59.7. The van der Waals surface area contributed by atoms with Crippen LogP contribution < -0.4 is 4.89 Å². The molecule has 0 saturated carbocycles. The Bertz CT molecular complexity index is 1700. The Hall–Kier alpha value is -3.59. The van der Waals surface area contributed by atoms with Gasteiger partial charge < -0.3 is 27.9 Å². The molecule has 0 bridgehead atoms. The van der Waals surface area contributed by atoms with Gasteiger partial charge in [-0.3, -0.25) is 14.2 Å². The summed E-state index contributed by atoms with van der Waals surface area (Å²) in [5.41, 5.74) is 0. The first-order valence-corrected chi connectivity index (χ1v) is 31.7. The molecule has 76 heavy (non-hydrogen) atoms. The predicted molar refractivity (Wildman–Crippen MR) is 323 cm³/mol. The molecular formula is C66H112NO8P. The predicted octanol–water partition coefficient (Wildman–Crippen LogP) is 18.5. The summed E-state index contributed by atoms with van der Waals surface area (Å²) in [6, 6.07) is 0. The van der Waals surface area contributed by atoms with Gasteiger partial charge in [0, 0.05) is 12.8 Å². The van der Waals surface area contributed by atoms with Crippen molar-refractivity contribution in [3.8, 4) is 0 Å². The van der Waals surface area contributed by atoms with Gasteiger partial charge in [0.05, 0.1) is 27.7 Å². The Labute approximate surface area is 467 Å². The molecule has 0 amide bonds. The lowest BCUT2D eigenvalue weighted by atomic mass is 10.1. The summed E-state index contributed by atoms with van der Waals surface area (Å²) in [5.74, 6) is -0.861. The van der Waals surface area contributed by atoms with E-state index in [1.807, 2.05) is 21.1 Å². The highest BCUT2D eigenvalue weighted by Gasteiger charge is 2.22. The molecule has 2 unspecified atom stereocenters. The lowest BCUT2D eigenvalue weighted by molar-refractivity contribution is -0.870. The zero-order valence-electron chi connectivity index (χ0n) is 49.2. The van der Waals surface area contributed by atoms with E-state index in [4.69, 9.17) is 18.5 Å². The number of phosphoric acid groups is 1. The number of hydrogen-bond donors (Lipinski definition) is 0. The van der Waals surface area contributed by atoms with Gasteiger partial charge in [0.25, 0.3) is 7.82 Å². The largest absolute Gasteiger partial charge is 0.756 e. The van der Waals surface area contributed by atoms with E-state index in [1.54, 1.807) is 0 Å². The van der Waals surface area contributed by atoms with E-state index >= 15 is 0 Å². The first-order valence-electron chi connectivity index (χ1n) is 30.2.